The highest BCUT2D eigenvalue weighted by molar-refractivity contribution is 5.71. The highest BCUT2D eigenvalue weighted by atomic mass is 16.6. The Hall–Kier alpha value is -3.93. The number of carbonyl (C=O) groups is 3. The first-order chi connectivity index (χ1) is 37.5. The predicted octanol–water partition coefficient (Wildman–Crippen LogP) is 21.8. The molecular formula is C70H118O6. The third kappa shape index (κ3) is 60.9. The summed E-state index contributed by atoms with van der Waals surface area (Å²) in [5.74, 6) is -0.917. The van der Waals surface area contributed by atoms with Crippen molar-refractivity contribution in [3.05, 3.63) is 109 Å². The van der Waals surface area contributed by atoms with Crippen LogP contribution in [0.15, 0.2) is 109 Å². The maximum Gasteiger partial charge on any atom is 0.306 e. The van der Waals surface area contributed by atoms with Gasteiger partial charge in [-0.25, -0.2) is 0 Å². The van der Waals surface area contributed by atoms with Crippen LogP contribution in [0.3, 0.4) is 0 Å². The molecule has 0 aromatic heterocycles. The summed E-state index contributed by atoms with van der Waals surface area (Å²) in [6.45, 7) is 6.46. The fraction of sp³-hybridized carbons (Fsp3) is 0.700. The van der Waals surface area contributed by atoms with Crippen molar-refractivity contribution in [3.63, 3.8) is 0 Å². The van der Waals surface area contributed by atoms with Gasteiger partial charge in [0.15, 0.2) is 6.10 Å². The number of hydrogen-bond acceptors (Lipinski definition) is 6. The smallest absolute Gasteiger partial charge is 0.306 e. The van der Waals surface area contributed by atoms with Gasteiger partial charge in [0.1, 0.15) is 13.2 Å². The van der Waals surface area contributed by atoms with Crippen molar-refractivity contribution in [3.8, 4) is 0 Å². The van der Waals surface area contributed by atoms with Crippen molar-refractivity contribution in [2.45, 2.75) is 303 Å². The van der Waals surface area contributed by atoms with E-state index in [-0.39, 0.29) is 31.1 Å². The molecule has 0 bridgehead atoms. The van der Waals surface area contributed by atoms with Gasteiger partial charge in [0, 0.05) is 19.3 Å². The molecule has 0 amide bonds. The quantitative estimate of drug-likeness (QED) is 0.0261. The standard InChI is InChI=1S/C70H118O6/c1-4-7-10-13-16-19-22-24-26-28-30-31-32-33-34-35-36-37-38-39-41-42-44-46-48-51-54-57-60-63-69(72)75-66-67(65-74-68(71)62-59-56-53-50-21-18-15-12-9-6-3)76-70(73)64-61-58-55-52-49-47-45-43-40-29-27-25-23-20-17-14-11-8-5-2/h7,10,12,15-16,19,24,26,30-31,33-34,36-37,39,41,44,46,67H,4-6,8-9,11,13-14,17-18,20-23,25,27-29,32,35,38,40,42-43,45,47-66H2,1-3H3/b10-7-,15-12-,19-16-,26-24-,31-30-,34-33-,37-36-,41-39-,46-44-. The van der Waals surface area contributed by atoms with Gasteiger partial charge < -0.3 is 14.2 Å². The molecule has 6 nitrogen and oxygen atoms in total. The Morgan fingerprint density at radius 2 is 0.539 bits per heavy atom. The highest BCUT2D eigenvalue weighted by Gasteiger charge is 2.19. The third-order valence-electron chi connectivity index (χ3n) is 13.5. The summed E-state index contributed by atoms with van der Waals surface area (Å²) in [5.41, 5.74) is 0. The van der Waals surface area contributed by atoms with Crippen molar-refractivity contribution >= 4 is 17.9 Å². The van der Waals surface area contributed by atoms with Crippen molar-refractivity contribution in [2.75, 3.05) is 13.2 Å². The Morgan fingerprint density at radius 3 is 0.868 bits per heavy atom. The molecule has 0 saturated carbocycles. The van der Waals surface area contributed by atoms with Crippen LogP contribution in [0.4, 0.5) is 0 Å². The number of unbranched alkanes of at least 4 members (excludes halogenated alkanes) is 28. The van der Waals surface area contributed by atoms with Gasteiger partial charge in [-0.05, 0) is 103 Å². The van der Waals surface area contributed by atoms with Gasteiger partial charge in [0.2, 0.25) is 0 Å². The van der Waals surface area contributed by atoms with E-state index >= 15 is 0 Å². The number of hydrogen-bond donors (Lipinski definition) is 0. The largest absolute Gasteiger partial charge is 0.462 e. The monoisotopic (exact) mass is 1050 g/mol. The summed E-state index contributed by atoms with van der Waals surface area (Å²) in [6.07, 6.45) is 86.7. The average molecular weight is 1060 g/mol. The second kappa shape index (κ2) is 63.6. The van der Waals surface area contributed by atoms with E-state index in [9.17, 15) is 14.4 Å². The molecule has 0 fully saturated rings. The SMILES string of the molecule is CC/C=C\C/C=C\C/C=C\C/C=C\C/C=C\C/C=C\C/C=C\C/C=C\CCCCCCC(=O)OCC(COC(=O)CCCCCCC/C=C\CCC)OC(=O)CCCCCCCCCCCCCCCCCCCCC. The van der Waals surface area contributed by atoms with E-state index in [2.05, 4.69) is 130 Å². The van der Waals surface area contributed by atoms with E-state index in [1.807, 2.05) is 0 Å². The van der Waals surface area contributed by atoms with Crippen LogP contribution >= 0.6 is 0 Å². The maximum absolute atomic E-state index is 12.9. The molecule has 1 atom stereocenters. The molecule has 434 valence electrons. The van der Waals surface area contributed by atoms with Crippen LogP contribution in [0.25, 0.3) is 0 Å². The predicted molar refractivity (Wildman–Crippen MR) is 330 cm³/mol. The molecule has 1 unspecified atom stereocenters. The fourth-order valence-corrected chi connectivity index (χ4v) is 8.76. The second-order valence-corrected chi connectivity index (χ2v) is 20.9. The molecule has 0 aliphatic carbocycles. The lowest BCUT2D eigenvalue weighted by Gasteiger charge is -2.18. The summed E-state index contributed by atoms with van der Waals surface area (Å²) < 4.78 is 16.9. The lowest BCUT2D eigenvalue weighted by Crippen LogP contribution is -2.30. The zero-order valence-corrected chi connectivity index (χ0v) is 49.7. The molecule has 0 aromatic carbocycles. The molecule has 0 rings (SSSR count). The molecular weight excluding hydrogens is 937 g/mol. The molecule has 0 heterocycles. The Labute approximate surface area is 470 Å². The number of rotatable bonds is 57. The molecule has 0 saturated heterocycles. The van der Waals surface area contributed by atoms with Gasteiger partial charge in [-0.1, -0.05) is 284 Å². The fourth-order valence-electron chi connectivity index (χ4n) is 8.76. The minimum atomic E-state index is -0.792. The lowest BCUT2D eigenvalue weighted by molar-refractivity contribution is -0.167. The third-order valence-corrected chi connectivity index (χ3v) is 13.5. The normalized spacial score (nSPS) is 12.8. The first-order valence-electron chi connectivity index (χ1n) is 31.9. The van der Waals surface area contributed by atoms with E-state index in [0.29, 0.717) is 19.3 Å². The first kappa shape index (κ1) is 72.1. The summed E-state index contributed by atoms with van der Waals surface area (Å²) in [6, 6.07) is 0. The molecule has 6 heteroatoms. The summed E-state index contributed by atoms with van der Waals surface area (Å²) in [7, 11) is 0. The maximum atomic E-state index is 12.9. The van der Waals surface area contributed by atoms with E-state index < -0.39 is 6.10 Å². The number of esters is 3. The highest BCUT2D eigenvalue weighted by Crippen LogP contribution is 2.16. The molecule has 0 radical (unpaired) electrons. The topological polar surface area (TPSA) is 78.9 Å². The van der Waals surface area contributed by atoms with Crippen LogP contribution in [0.1, 0.15) is 297 Å². The van der Waals surface area contributed by atoms with Crippen molar-refractivity contribution in [2.24, 2.45) is 0 Å². The van der Waals surface area contributed by atoms with Crippen molar-refractivity contribution in [1.82, 2.24) is 0 Å². The van der Waals surface area contributed by atoms with Gasteiger partial charge in [-0.15, -0.1) is 0 Å². The van der Waals surface area contributed by atoms with Gasteiger partial charge in [-0.2, -0.15) is 0 Å². The molecule has 76 heavy (non-hydrogen) atoms. The van der Waals surface area contributed by atoms with Crippen molar-refractivity contribution in [1.29, 1.82) is 0 Å². The Bertz CT molecular complexity index is 1540. The zero-order chi connectivity index (χ0) is 55.0. The molecule has 0 aliphatic rings. The average Bonchev–Trinajstić information content (AvgIpc) is 3.42. The van der Waals surface area contributed by atoms with Gasteiger partial charge >= 0.3 is 17.9 Å². The minimum absolute atomic E-state index is 0.0894. The first-order valence-corrected chi connectivity index (χ1v) is 31.9. The van der Waals surface area contributed by atoms with Crippen LogP contribution in [-0.2, 0) is 28.6 Å². The number of carbonyl (C=O) groups excluding carboxylic acids is 3. The van der Waals surface area contributed by atoms with Crippen LogP contribution in [0.2, 0.25) is 0 Å². The van der Waals surface area contributed by atoms with Gasteiger partial charge in [-0.3, -0.25) is 14.4 Å². The molecule has 0 N–H and O–H groups in total. The lowest BCUT2D eigenvalue weighted by atomic mass is 10.0. The molecule has 0 aliphatic heterocycles. The van der Waals surface area contributed by atoms with Crippen LogP contribution in [-0.4, -0.2) is 37.2 Å². The van der Waals surface area contributed by atoms with E-state index in [1.165, 1.54) is 116 Å². The number of allylic oxidation sites excluding steroid dienone is 18. The van der Waals surface area contributed by atoms with E-state index in [1.54, 1.807) is 0 Å². The Balaban J connectivity index is 4.31. The summed E-state index contributed by atoms with van der Waals surface area (Å²) in [5, 5.41) is 0. The van der Waals surface area contributed by atoms with Crippen LogP contribution in [0.5, 0.6) is 0 Å². The Kier molecular flexibility index (Phi) is 60.3. The number of ether oxygens (including phenoxy) is 3. The minimum Gasteiger partial charge on any atom is -0.462 e. The second-order valence-electron chi connectivity index (χ2n) is 20.9. The molecule has 0 spiro atoms. The van der Waals surface area contributed by atoms with E-state index in [0.717, 1.165) is 141 Å². The van der Waals surface area contributed by atoms with Crippen LogP contribution in [0, 0.1) is 0 Å². The van der Waals surface area contributed by atoms with Crippen molar-refractivity contribution < 1.29 is 28.6 Å². The van der Waals surface area contributed by atoms with Gasteiger partial charge in [0.25, 0.3) is 0 Å². The summed E-state index contributed by atoms with van der Waals surface area (Å²) >= 11 is 0. The van der Waals surface area contributed by atoms with Gasteiger partial charge in [0.05, 0.1) is 0 Å². The Morgan fingerprint density at radius 1 is 0.276 bits per heavy atom. The summed E-state index contributed by atoms with van der Waals surface area (Å²) in [4.78, 5) is 38.2. The molecule has 0 aromatic rings. The van der Waals surface area contributed by atoms with E-state index in [4.69, 9.17) is 14.2 Å². The zero-order valence-electron chi connectivity index (χ0n) is 49.7. The van der Waals surface area contributed by atoms with Crippen LogP contribution < -0.4 is 0 Å².